The number of carbonyl (C=O) groups is 2. The van der Waals surface area contributed by atoms with E-state index in [-0.39, 0.29) is 44.5 Å². The summed E-state index contributed by atoms with van der Waals surface area (Å²) in [4.78, 5) is 29.2. The van der Waals surface area contributed by atoms with Gasteiger partial charge in [0.1, 0.15) is 6.04 Å². The van der Waals surface area contributed by atoms with E-state index in [1.54, 1.807) is 23.1 Å². The van der Waals surface area contributed by atoms with Gasteiger partial charge in [0.25, 0.3) is 0 Å². The third kappa shape index (κ3) is 9.21. The maximum atomic E-state index is 13.9. The lowest BCUT2D eigenvalue weighted by molar-refractivity contribution is -0.141. The first-order valence-corrected chi connectivity index (χ1v) is 17.0. The summed E-state index contributed by atoms with van der Waals surface area (Å²) in [6.07, 6.45) is 3.57. The fourth-order valence-corrected chi connectivity index (χ4v) is 6.34. The van der Waals surface area contributed by atoms with Crippen LogP contribution in [0.1, 0.15) is 43.7 Å². The number of rotatable bonds is 15. The number of ether oxygens (including phenoxy) is 2. The van der Waals surface area contributed by atoms with Crippen molar-refractivity contribution in [3.63, 3.8) is 0 Å². The quantitative estimate of drug-likeness (QED) is 0.221. The number of fused-ring (bicyclic) bond motifs is 1. The molecule has 9 nitrogen and oxygen atoms in total. The van der Waals surface area contributed by atoms with Gasteiger partial charge in [-0.15, -0.1) is 0 Å². The summed E-state index contributed by atoms with van der Waals surface area (Å²) in [5, 5.41) is 3.02. The summed E-state index contributed by atoms with van der Waals surface area (Å²) in [5.74, 6) is 0.585. The summed E-state index contributed by atoms with van der Waals surface area (Å²) in [6, 6.07) is 21.5. The molecule has 0 saturated heterocycles. The van der Waals surface area contributed by atoms with Gasteiger partial charge in [-0.3, -0.25) is 13.9 Å². The highest BCUT2D eigenvalue weighted by Gasteiger charge is 2.30. The van der Waals surface area contributed by atoms with Crippen molar-refractivity contribution < 1.29 is 27.5 Å². The molecule has 2 amide bonds. The zero-order valence-electron chi connectivity index (χ0n) is 24.5. The largest absolute Gasteiger partial charge is 0.454 e. The highest BCUT2D eigenvalue weighted by molar-refractivity contribution is 9.10. The number of nitrogens with one attached hydrogen (secondary N) is 1. The van der Waals surface area contributed by atoms with Gasteiger partial charge < -0.3 is 19.7 Å². The summed E-state index contributed by atoms with van der Waals surface area (Å²) >= 11 is 3.51. The summed E-state index contributed by atoms with van der Waals surface area (Å²) < 4.78 is 38.4. The molecule has 0 fully saturated rings. The summed E-state index contributed by atoms with van der Waals surface area (Å²) in [5.41, 5.74) is 2.25. The summed E-state index contributed by atoms with van der Waals surface area (Å²) in [6.45, 7) is 2.98. The molecule has 3 aromatic carbocycles. The molecule has 43 heavy (non-hydrogen) atoms. The fraction of sp³-hybridized carbons (Fsp3) is 0.375. The number of hydrogen-bond acceptors (Lipinski definition) is 6. The number of hydrogen-bond donors (Lipinski definition) is 1. The molecule has 0 saturated carbocycles. The van der Waals surface area contributed by atoms with E-state index >= 15 is 0 Å². The zero-order chi connectivity index (χ0) is 30.8. The van der Waals surface area contributed by atoms with E-state index in [0.29, 0.717) is 30.2 Å². The second-order valence-electron chi connectivity index (χ2n) is 10.5. The average Bonchev–Trinajstić information content (AvgIpc) is 3.45. The maximum Gasteiger partial charge on any atom is 0.243 e. The Bertz CT molecular complexity index is 1500. The van der Waals surface area contributed by atoms with Crippen molar-refractivity contribution in [1.82, 2.24) is 10.2 Å². The van der Waals surface area contributed by atoms with E-state index in [1.807, 2.05) is 54.6 Å². The van der Waals surface area contributed by atoms with Crippen LogP contribution < -0.4 is 19.1 Å². The number of halogens is 1. The average molecular weight is 673 g/mol. The van der Waals surface area contributed by atoms with Crippen LogP contribution in [-0.4, -0.2) is 57.3 Å². The lowest BCUT2D eigenvalue weighted by atomic mass is 10.0. The third-order valence-electron chi connectivity index (χ3n) is 7.14. The van der Waals surface area contributed by atoms with Gasteiger partial charge in [0.15, 0.2) is 11.5 Å². The molecule has 1 atom stereocenters. The predicted molar refractivity (Wildman–Crippen MR) is 171 cm³/mol. The highest BCUT2D eigenvalue weighted by Crippen LogP contribution is 2.36. The monoisotopic (exact) mass is 671 g/mol. The van der Waals surface area contributed by atoms with E-state index in [4.69, 9.17) is 9.47 Å². The smallest absolute Gasteiger partial charge is 0.243 e. The molecule has 4 rings (SSSR count). The first kappa shape index (κ1) is 32.3. The lowest BCUT2D eigenvalue weighted by Crippen LogP contribution is -2.50. The zero-order valence-corrected chi connectivity index (χ0v) is 26.9. The molecule has 0 bridgehead atoms. The number of anilines is 1. The van der Waals surface area contributed by atoms with Crippen LogP contribution >= 0.6 is 15.9 Å². The fourth-order valence-electron chi connectivity index (χ4n) is 4.94. The lowest BCUT2D eigenvalue weighted by Gasteiger charge is -2.32. The van der Waals surface area contributed by atoms with E-state index in [0.717, 1.165) is 34.7 Å². The number of sulfonamides is 1. The van der Waals surface area contributed by atoms with Gasteiger partial charge in [0, 0.05) is 43.0 Å². The minimum Gasteiger partial charge on any atom is -0.454 e. The molecule has 1 aliphatic heterocycles. The minimum absolute atomic E-state index is 0.0537. The van der Waals surface area contributed by atoms with Crippen molar-refractivity contribution in [3.8, 4) is 11.5 Å². The first-order valence-electron chi connectivity index (χ1n) is 14.4. The number of unbranched alkanes of at least 4 members (excludes halogenated alkanes) is 1. The Morgan fingerprint density at radius 3 is 2.42 bits per heavy atom. The molecule has 0 radical (unpaired) electrons. The standard InChI is InChI=1S/C32H38BrN3O6S/c1-3-4-17-34-32(38)28(20-24-10-6-5-7-11-24)35(22-25-12-8-13-26(33)19-25)31(37)14-9-18-36(43(2,39)40)27-15-16-29-30(21-27)42-23-41-29/h5-8,10-13,15-16,19,21,28H,3-4,9,14,17-18,20,22-23H2,1-2H3,(H,34,38)/t28-/m1/s1. The Kier molecular flexibility index (Phi) is 11.5. The molecule has 3 aromatic rings. The minimum atomic E-state index is -3.65. The Labute approximate surface area is 262 Å². The third-order valence-corrected chi connectivity index (χ3v) is 8.83. The molecule has 0 spiro atoms. The van der Waals surface area contributed by atoms with Gasteiger partial charge >= 0.3 is 0 Å². The Hall–Kier alpha value is -3.57. The first-order chi connectivity index (χ1) is 20.7. The van der Waals surface area contributed by atoms with Gasteiger partial charge in [-0.2, -0.15) is 0 Å². The van der Waals surface area contributed by atoms with Crippen molar-refractivity contribution in [2.45, 2.75) is 51.6 Å². The van der Waals surface area contributed by atoms with Crippen molar-refractivity contribution in [1.29, 1.82) is 0 Å². The van der Waals surface area contributed by atoms with Crippen LogP contribution in [0, 0.1) is 0 Å². The highest BCUT2D eigenvalue weighted by atomic mass is 79.9. The predicted octanol–water partition coefficient (Wildman–Crippen LogP) is 5.28. The molecule has 230 valence electrons. The Morgan fingerprint density at radius 2 is 1.70 bits per heavy atom. The van der Waals surface area contributed by atoms with Crippen LogP contribution in [0.4, 0.5) is 5.69 Å². The topological polar surface area (TPSA) is 105 Å². The second kappa shape index (κ2) is 15.2. The van der Waals surface area contributed by atoms with Crippen LogP contribution in [0.3, 0.4) is 0 Å². The van der Waals surface area contributed by atoms with Gasteiger partial charge in [0.05, 0.1) is 11.9 Å². The van der Waals surface area contributed by atoms with Crippen LogP contribution in [0.2, 0.25) is 0 Å². The molecule has 0 unspecified atom stereocenters. The summed E-state index contributed by atoms with van der Waals surface area (Å²) in [7, 11) is -3.65. The maximum absolute atomic E-state index is 13.9. The Morgan fingerprint density at radius 1 is 0.953 bits per heavy atom. The van der Waals surface area contributed by atoms with Crippen LogP contribution in [0.25, 0.3) is 0 Å². The van der Waals surface area contributed by atoms with Gasteiger partial charge in [0.2, 0.25) is 28.6 Å². The van der Waals surface area contributed by atoms with Gasteiger partial charge in [-0.05, 0) is 48.2 Å². The normalized spacial score (nSPS) is 12.9. The van der Waals surface area contributed by atoms with E-state index in [2.05, 4.69) is 28.2 Å². The number of amides is 2. The number of benzene rings is 3. The molecular formula is C32H38BrN3O6S. The van der Waals surface area contributed by atoms with Crippen LogP contribution in [0.5, 0.6) is 11.5 Å². The van der Waals surface area contributed by atoms with Gasteiger partial charge in [-0.1, -0.05) is 71.7 Å². The number of nitrogens with zero attached hydrogens (tertiary/aromatic N) is 2. The van der Waals surface area contributed by atoms with Gasteiger partial charge in [-0.25, -0.2) is 8.42 Å². The molecule has 0 aromatic heterocycles. The molecule has 1 N–H and O–H groups in total. The van der Waals surface area contributed by atoms with Crippen molar-refractivity contribution in [3.05, 3.63) is 88.4 Å². The van der Waals surface area contributed by atoms with Crippen LogP contribution in [0.15, 0.2) is 77.3 Å². The molecule has 1 heterocycles. The van der Waals surface area contributed by atoms with Crippen molar-refractivity contribution in [2.75, 3.05) is 30.4 Å². The van der Waals surface area contributed by atoms with Crippen molar-refractivity contribution >= 4 is 43.5 Å². The van der Waals surface area contributed by atoms with E-state index in [9.17, 15) is 18.0 Å². The van der Waals surface area contributed by atoms with Crippen LogP contribution in [-0.2, 0) is 32.6 Å². The van der Waals surface area contributed by atoms with E-state index < -0.39 is 16.1 Å². The SMILES string of the molecule is CCCCNC(=O)[C@@H](Cc1ccccc1)N(Cc1cccc(Br)c1)C(=O)CCCN(c1ccc2c(c1)OCO2)S(C)(=O)=O. The molecule has 0 aliphatic carbocycles. The number of carbonyl (C=O) groups excluding carboxylic acids is 2. The molecule has 1 aliphatic rings. The molecular weight excluding hydrogens is 634 g/mol. The van der Waals surface area contributed by atoms with E-state index in [1.165, 1.54) is 4.31 Å². The molecule has 11 heteroatoms. The van der Waals surface area contributed by atoms with Crippen molar-refractivity contribution in [2.24, 2.45) is 0 Å². The Balaban J connectivity index is 1.56. The second-order valence-corrected chi connectivity index (χ2v) is 13.3.